The van der Waals surface area contributed by atoms with Gasteiger partial charge in [-0.05, 0) is 37.2 Å². The molecule has 0 radical (unpaired) electrons. The van der Waals surface area contributed by atoms with Gasteiger partial charge >= 0.3 is 11.9 Å². The van der Waals surface area contributed by atoms with Crippen LogP contribution in [0.1, 0.15) is 46.0 Å². The van der Waals surface area contributed by atoms with Crippen LogP contribution in [0.15, 0.2) is 0 Å². The molecule has 0 heterocycles. The molecule has 0 fully saturated rings. The van der Waals surface area contributed by atoms with Crippen molar-refractivity contribution in [3.05, 3.63) is 0 Å². The second-order valence-electron chi connectivity index (χ2n) is 8.14. The van der Waals surface area contributed by atoms with Crippen molar-refractivity contribution in [3.63, 3.8) is 0 Å². The van der Waals surface area contributed by atoms with E-state index in [1.807, 2.05) is 13.8 Å². The lowest BCUT2D eigenvalue weighted by Crippen LogP contribution is -2.57. The Labute approximate surface area is 202 Å². The van der Waals surface area contributed by atoms with Gasteiger partial charge in [0, 0.05) is 6.42 Å². The Morgan fingerprint density at radius 1 is 0.853 bits per heavy atom. The number of nitrogens with two attached hydrogens (primary N) is 2. The molecular formula is C20H35N5O8S. The number of rotatable bonds is 17. The van der Waals surface area contributed by atoms with Gasteiger partial charge in [0.25, 0.3) is 0 Å². The Morgan fingerprint density at radius 2 is 1.38 bits per heavy atom. The largest absolute Gasteiger partial charge is 0.481 e. The van der Waals surface area contributed by atoms with Crippen molar-refractivity contribution < 1.29 is 39.0 Å². The van der Waals surface area contributed by atoms with Crippen LogP contribution in [0.3, 0.4) is 0 Å². The number of amides is 4. The van der Waals surface area contributed by atoms with Crippen molar-refractivity contribution in [2.45, 2.75) is 70.1 Å². The minimum Gasteiger partial charge on any atom is -0.481 e. The summed E-state index contributed by atoms with van der Waals surface area (Å²) in [5.74, 6) is -5.50. The van der Waals surface area contributed by atoms with E-state index in [9.17, 15) is 33.9 Å². The predicted molar refractivity (Wildman–Crippen MR) is 125 cm³/mol. The van der Waals surface area contributed by atoms with Gasteiger partial charge in [-0.1, -0.05) is 13.8 Å². The number of hydrogen-bond acceptors (Lipinski definition) is 8. The molecule has 0 aromatic rings. The van der Waals surface area contributed by atoms with Gasteiger partial charge in [0.05, 0.1) is 12.5 Å². The van der Waals surface area contributed by atoms with Crippen molar-refractivity contribution in [1.82, 2.24) is 16.0 Å². The number of carbonyl (C=O) groups is 6. The van der Waals surface area contributed by atoms with Crippen LogP contribution in [0, 0.1) is 5.92 Å². The number of primary amides is 1. The van der Waals surface area contributed by atoms with Crippen LogP contribution in [-0.2, 0) is 28.8 Å². The number of carbonyl (C=O) groups excluding carboxylic acids is 4. The van der Waals surface area contributed by atoms with Crippen LogP contribution in [0.5, 0.6) is 0 Å². The third kappa shape index (κ3) is 13.0. The van der Waals surface area contributed by atoms with E-state index in [1.54, 1.807) is 6.26 Å². The second-order valence-corrected chi connectivity index (χ2v) is 9.13. The number of thioether (sulfide) groups is 1. The third-order valence-electron chi connectivity index (χ3n) is 4.61. The fourth-order valence-electron chi connectivity index (χ4n) is 2.88. The first-order valence-electron chi connectivity index (χ1n) is 10.7. The van der Waals surface area contributed by atoms with Crippen LogP contribution < -0.4 is 27.4 Å². The third-order valence-corrected chi connectivity index (χ3v) is 5.25. The summed E-state index contributed by atoms with van der Waals surface area (Å²) in [4.78, 5) is 71.7. The summed E-state index contributed by atoms with van der Waals surface area (Å²) < 4.78 is 0. The summed E-state index contributed by atoms with van der Waals surface area (Å²) in [6.07, 6.45) is 0.726. The average molecular weight is 506 g/mol. The van der Waals surface area contributed by atoms with Gasteiger partial charge in [0.15, 0.2) is 0 Å². The summed E-state index contributed by atoms with van der Waals surface area (Å²) in [5, 5.41) is 25.2. The molecule has 0 saturated carbocycles. The number of carboxylic acid groups (broad SMARTS) is 2. The topological polar surface area (TPSA) is 231 Å². The Kier molecular flexibility index (Phi) is 14.5. The molecule has 13 nitrogen and oxygen atoms in total. The molecule has 0 aliphatic heterocycles. The normalized spacial score (nSPS) is 14.4. The van der Waals surface area contributed by atoms with Crippen molar-refractivity contribution in [2.24, 2.45) is 17.4 Å². The maximum atomic E-state index is 12.8. The van der Waals surface area contributed by atoms with E-state index in [2.05, 4.69) is 16.0 Å². The maximum Gasteiger partial charge on any atom is 0.326 e. The molecule has 34 heavy (non-hydrogen) atoms. The van der Waals surface area contributed by atoms with Crippen LogP contribution in [0.2, 0.25) is 0 Å². The van der Waals surface area contributed by atoms with Gasteiger partial charge in [0.2, 0.25) is 23.6 Å². The molecule has 0 saturated heterocycles. The molecule has 0 rings (SSSR count). The fraction of sp³-hybridized carbons (Fsp3) is 0.700. The first-order chi connectivity index (χ1) is 15.8. The van der Waals surface area contributed by atoms with Gasteiger partial charge in [-0.3, -0.25) is 24.0 Å². The first-order valence-corrected chi connectivity index (χ1v) is 12.1. The molecule has 0 aromatic carbocycles. The monoisotopic (exact) mass is 505 g/mol. The lowest BCUT2D eigenvalue weighted by Gasteiger charge is -2.24. The zero-order valence-corrected chi connectivity index (χ0v) is 20.4. The van der Waals surface area contributed by atoms with Crippen molar-refractivity contribution in [2.75, 3.05) is 12.0 Å². The molecule has 4 unspecified atom stereocenters. The standard InChI is InChI=1S/C20H35N5O8S/c1-10(2)8-11(21)17(29)25-14(9-15(22)26)19(31)23-12(4-5-16(27)28)18(30)24-13(20(32)33)6-7-34-3/h10-14H,4-9,21H2,1-3H3,(H2,22,26)(H,23,31)(H,24,30)(H,25,29)(H,27,28)(H,32,33). The highest BCUT2D eigenvalue weighted by atomic mass is 32.2. The van der Waals surface area contributed by atoms with Gasteiger partial charge in [-0.25, -0.2) is 4.79 Å². The van der Waals surface area contributed by atoms with E-state index in [0.717, 1.165) is 0 Å². The molecule has 14 heteroatoms. The van der Waals surface area contributed by atoms with Crippen molar-refractivity contribution in [1.29, 1.82) is 0 Å². The van der Waals surface area contributed by atoms with Crippen LogP contribution in [-0.4, -0.2) is 82.0 Å². The molecule has 4 atom stereocenters. The molecule has 0 aliphatic rings. The van der Waals surface area contributed by atoms with E-state index in [4.69, 9.17) is 16.6 Å². The molecular weight excluding hydrogens is 470 g/mol. The predicted octanol–water partition coefficient (Wildman–Crippen LogP) is -1.61. The summed E-state index contributed by atoms with van der Waals surface area (Å²) in [6.45, 7) is 3.69. The highest BCUT2D eigenvalue weighted by Crippen LogP contribution is 2.07. The SMILES string of the molecule is CSCCC(NC(=O)C(CCC(=O)O)NC(=O)C(CC(N)=O)NC(=O)C(N)CC(C)C)C(=O)O. The van der Waals surface area contributed by atoms with Gasteiger partial charge in [-0.15, -0.1) is 0 Å². The maximum absolute atomic E-state index is 12.8. The molecule has 194 valence electrons. The summed E-state index contributed by atoms with van der Waals surface area (Å²) in [6, 6.07) is -5.10. The first kappa shape index (κ1) is 31.1. The van der Waals surface area contributed by atoms with Crippen LogP contribution in [0.4, 0.5) is 0 Å². The lowest BCUT2D eigenvalue weighted by molar-refractivity contribution is -0.143. The Hall–Kier alpha value is -2.87. The van der Waals surface area contributed by atoms with E-state index in [-0.39, 0.29) is 18.8 Å². The zero-order valence-electron chi connectivity index (χ0n) is 19.5. The molecule has 9 N–H and O–H groups in total. The number of aliphatic carboxylic acids is 2. The van der Waals surface area contributed by atoms with E-state index >= 15 is 0 Å². The van der Waals surface area contributed by atoms with Crippen molar-refractivity contribution in [3.8, 4) is 0 Å². The summed E-state index contributed by atoms with van der Waals surface area (Å²) >= 11 is 1.37. The van der Waals surface area contributed by atoms with Crippen molar-refractivity contribution >= 4 is 47.3 Å². The van der Waals surface area contributed by atoms with E-state index in [0.29, 0.717) is 12.2 Å². The zero-order chi connectivity index (χ0) is 26.4. The molecule has 0 spiro atoms. The van der Waals surface area contributed by atoms with Crippen LogP contribution >= 0.6 is 11.8 Å². The second kappa shape index (κ2) is 15.9. The molecule has 0 aliphatic carbocycles. The Bertz CT molecular complexity index is 748. The summed E-state index contributed by atoms with van der Waals surface area (Å²) in [7, 11) is 0. The smallest absolute Gasteiger partial charge is 0.326 e. The Morgan fingerprint density at radius 3 is 1.85 bits per heavy atom. The van der Waals surface area contributed by atoms with Gasteiger partial charge in [0.1, 0.15) is 18.1 Å². The molecule has 0 bridgehead atoms. The number of nitrogens with one attached hydrogen (secondary N) is 3. The molecule has 4 amide bonds. The van der Waals surface area contributed by atoms with Gasteiger partial charge < -0.3 is 37.6 Å². The minimum atomic E-state index is -1.46. The Balaban J connectivity index is 5.55. The highest BCUT2D eigenvalue weighted by molar-refractivity contribution is 7.98. The van der Waals surface area contributed by atoms with E-state index < -0.39 is 72.6 Å². The van der Waals surface area contributed by atoms with Gasteiger partial charge in [-0.2, -0.15) is 11.8 Å². The van der Waals surface area contributed by atoms with E-state index in [1.165, 1.54) is 11.8 Å². The minimum absolute atomic E-state index is 0.0848. The number of carboxylic acids is 2. The quantitative estimate of drug-likeness (QED) is 0.119. The number of hydrogen-bond donors (Lipinski definition) is 7. The van der Waals surface area contributed by atoms with Crippen LogP contribution in [0.25, 0.3) is 0 Å². The highest BCUT2D eigenvalue weighted by Gasteiger charge is 2.31. The average Bonchev–Trinajstić information content (AvgIpc) is 2.71. The fourth-order valence-corrected chi connectivity index (χ4v) is 3.35. The summed E-state index contributed by atoms with van der Waals surface area (Å²) in [5.41, 5.74) is 11.0. The lowest BCUT2D eigenvalue weighted by atomic mass is 10.0. The molecule has 0 aromatic heterocycles.